The molecule has 0 radical (unpaired) electrons. The molecule has 6 heteroatoms. The standard InChI is InChI=1S/C32H39ClN2O3/c1-31-12-5-13-32(21-37-32)28(31)18-25-26(30(36)38-27(25)19-31)20-34-14-16-35(17-15-34)29(22-6-3-2-4-7-22)23-8-10-24(33)11-9-23/h2-4,6-11,25-29H,5,12-21H2,1H3/t25-,26-,27-,28-,29+,31-,32+/m1/s1. The second kappa shape index (κ2) is 9.62. The molecule has 5 fully saturated rings. The fourth-order valence-electron chi connectivity index (χ4n) is 8.54. The fourth-order valence-corrected chi connectivity index (χ4v) is 8.67. The van der Waals surface area contributed by atoms with Crippen LogP contribution in [-0.2, 0) is 14.3 Å². The molecular formula is C32H39ClN2O3. The molecule has 2 saturated carbocycles. The average molecular weight is 535 g/mol. The smallest absolute Gasteiger partial charge is 0.310 e. The maximum atomic E-state index is 13.2. The second-order valence-corrected chi connectivity index (χ2v) is 13.2. The highest BCUT2D eigenvalue weighted by Gasteiger charge is 2.65. The summed E-state index contributed by atoms with van der Waals surface area (Å²) in [5.74, 6) is 0.947. The Hall–Kier alpha value is -1.92. The van der Waals surface area contributed by atoms with Crippen LogP contribution < -0.4 is 0 Å². The highest BCUT2D eigenvalue weighted by Crippen LogP contribution is 2.62. The van der Waals surface area contributed by atoms with E-state index in [-0.39, 0.29) is 35.0 Å². The van der Waals surface area contributed by atoms with E-state index in [0.29, 0.717) is 11.8 Å². The van der Waals surface area contributed by atoms with E-state index in [9.17, 15) is 4.79 Å². The number of fused-ring (bicyclic) bond motifs is 3. The third kappa shape index (κ3) is 4.40. The fraction of sp³-hybridized carbons (Fsp3) is 0.594. The van der Waals surface area contributed by atoms with E-state index in [1.807, 2.05) is 12.1 Å². The lowest BCUT2D eigenvalue weighted by Gasteiger charge is -2.51. The number of carbonyl (C=O) groups is 1. The van der Waals surface area contributed by atoms with Gasteiger partial charge in [0.15, 0.2) is 0 Å². The summed E-state index contributed by atoms with van der Waals surface area (Å²) in [6.45, 7) is 8.04. The van der Waals surface area contributed by atoms with E-state index in [1.54, 1.807) is 0 Å². The maximum absolute atomic E-state index is 13.2. The third-order valence-electron chi connectivity index (χ3n) is 10.6. The summed E-state index contributed by atoms with van der Waals surface area (Å²) < 4.78 is 12.2. The Morgan fingerprint density at radius 1 is 1.00 bits per heavy atom. The Balaban J connectivity index is 1.04. The second-order valence-electron chi connectivity index (χ2n) is 12.8. The topological polar surface area (TPSA) is 45.3 Å². The molecule has 0 aromatic heterocycles. The van der Waals surface area contributed by atoms with Crippen LogP contribution in [0.3, 0.4) is 0 Å². The molecule has 7 atom stereocenters. The first kappa shape index (κ1) is 25.1. The molecule has 7 rings (SSSR count). The minimum Gasteiger partial charge on any atom is -0.462 e. The van der Waals surface area contributed by atoms with Gasteiger partial charge in [-0.15, -0.1) is 0 Å². The Kier molecular flexibility index (Phi) is 6.35. The number of nitrogens with zero attached hydrogens (tertiary/aromatic N) is 2. The van der Waals surface area contributed by atoms with Gasteiger partial charge >= 0.3 is 5.97 Å². The van der Waals surface area contributed by atoms with Crippen molar-refractivity contribution in [3.63, 3.8) is 0 Å². The van der Waals surface area contributed by atoms with E-state index in [0.717, 1.165) is 57.2 Å². The van der Waals surface area contributed by atoms with Crippen LogP contribution in [0.2, 0.25) is 5.02 Å². The number of rotatable bonds is 5. The van der Waals surface area contributed by atoms with Crippen LogP contribution in [-0.4, -0.2) is 66.8 Å². The van der Waals surface area contributed by atoms with Crippen molar-refractivity contribution >= 4 is 17.6 Å². The quantitative estimate of drug-likeness (QED) is 0.370. The molecule has 5 nitrogen and oxygen atoms in total. The first-order valence-electron chi connectivity index (χ1n) is 14.6. The maximum Gasteiger partial charge on any atom is 0.310 e. The normalized spacial score (nSPS) is 37.9. The number of carbonyl (C=O) groups excluding carboxylic acids is 1. The summed E-state index contributed by atoms with van der Waals surface area (Å²) in [4.78, 5) is 18.3. The molecule has 0 N–H and O–H groups in total. The summed E-state index contributed by atoms with van der Waals surface area (Å²) in [5.41, 5.74) is 2.93. The lowest BCUT2D eigenvalue weighted by atomic mass is 9.53. The molecule has 3 saturated heterocycles. The predicted molar refractivity (Wildman–Crippen MR) is 148 cm³/mol. The Morgan fingerprint density at radius 2 is 1.71 bits per heavy atom. The number of halogens is 1. The van der Waals surface area contributed by atoms with Gasteiger partial charge < -0.3 is 9.47 Å². The van der Waals surface area contributed by atoms with Gasteiger partial charge in [-0.3, -0.25) is 14.6 Å². The van der Waals surface area contributed by atoms with Gasteiger partial charge in [0.2, 0.25) is 0 Å². The molecule has 2 aliphatic carbocycles. The molecule has 3 heterocycles. The van der Waals surface area contributed by atoms with Gasteiger partial charge in [-0.05, 0) is 66.7 Å². The SMILES string of the molecule is C[C@]12CCC[C@]3(CO3)[C@@H]1C[C@H]1[C@@H](C2)OC(=O)[C@@H]1CN1CCN([C@@H](c2ccccc2)c2ccc(Cl)cc2)CC1. The highest BCUT2D eigenvalue weighted by atomic mass is 35.5. The van der Waals surface area contributed by atoms with Crippen LogP contribution in [0.25, 0.3) is 0 Å². The monoisotopic (exact) mass is 534 g/mol. The van der Waals surface area contributed by atoms with Crippen LogP contribution in [0.4, 0.5) is 0 Å². The minimum absolute atomic E-state index is 0.00462. The molecular weight excluding hydrogens is 496 g/mol. The summed E-state index contributed by atoms with van der Waals surface area (Å²) in [6.07, 6.45) is 5.88. The van der Waals surface area contributed by atoms with E-state index in [4.69, 9.17) is 21.1 Å². The first-order chi connectivity index (χ1) is 18.4. The number of hydrogen-bond acceptors (Lipinski definition) is 5. The number of piperazine rings is 1. The predicted octanol–water partition coefficient (Wildman–Crippen LogP) is 5.57. The van der Waals surface area contributed by atoms with Crippen molar-refractivity contribution in [2.75, 3.05) is 39.3 Å². The lowest BCUT2D eigenvalue weighted by molar-refractivity contribution is -0.147. The Labute approximate surface area is 231 Å². The van der Waals surface area contributed by atoms with E-state index in [1.165, 1.54) is 30.4 Å². The Bertz CT molecular complexity index is 1160. The number of hydrogen-bond donors (Lipinski definition) is 0. The van der Waals surface area contributed by atoms with Gasteiger partial charge in [0, 0.05) is 43.7 Å². The van der Waals surface area contributed by atoms with Gasteiger partial charge in [0.05, 0.1) is 24.2 Å². The third-order valence-corrected chi connectivity index (χ3v) is 10.9. The molecule has 38 heavy (non-hydrogen) atoms. The molecule has 0 amide bonds. The largest absolute Gasteiger partial charge is 0.462 e. The summed E-state index contributed by atoms with van der Waals surface area (Å²) in [7, 11) is 0. The molecule has 202 valence electrons. The van der Waals surface area contributed by atoms with Crippen LogP contribution >= 0.6 is 11.6 Å². The van der Waals surface area contributed by atoms with E-state index < -0.39 is 0 Å². The first-order valence-corrected chi connectivity index (χ1v) is 14.9. The van der Waals surface area contributed by atoms with Crippen molar-refractivity contribution in [1.29, 1.82) is 0 Å². The zero-order chi connectivity index (χ0) is 25.9. The summed E-state index contributed by atoms with van der Waals surface area (Å²) in [6, 6.07) is 19.2. The van der Waals surface area contributed by atoms with Crippen LogP contribution in [0.5, 0.6) is 0 Å². The van der Waals surface area contributed by atoms with Crippen molar-refractivity contribution in [2.24, 2.45) is 23.2 Å². The number of esters is 1. The van der Waals surface area contributed by atoms with Crippen LogP contribution in [0, 0.1) is 23.2 Å². The van der Waals surface area contributed by atoms with Gasteiger partial charge in [-0.2, -0.15) is 0 Å². The van der Waals surface area contributed by atoms with Gasteiger partial charge in [0.1, 0.15) is 6.10 Å². The molecule has 5 aliphatic rings. The molecule has 2 aromatic carbocycles. The summed E-state index contributed by atoms with van der Waals surface area (Å²) in [5, 5.41) is 0.766. The zero-order valence-corrected chi connectivity index (χ0v) is 23.1. The number of benzene rings is 2. The number of ether oxygens (including phenoxy) is 2. The van der Waals surface area contributed by atoms with Gasteiger partial charge in [-0.25, -0.2) is 0 Å². The molecule has 0 bridgehead atoms. The molecule has 0 unspecified atom stereocenters. The number of epoxide rings is 1. The molecule has 3 aliphatic heterocycles. The summed E-state index contributed by atoms with van der Waals surface area (Å²) >= 11 is 6.21. The average Bonchev–Trinajstić information content (AvgIpc) is 3.63. The zero-order valence-electron chi connectivity index (χ0n) is 22.4. The minimum atomic E-state index is -0.00462. The lowest BCUT2D eigenvalue weighted by Crippen LogP contribution is -2.52. The van der Waals surface area contributed by atoms with E-state index in [2.05, 4.69) is 59.2 Å². The van der Waals surface area contributed by atoms with Crippen molar-refractivity contribution in [1.82, 2.24) is 9.80 Å². The van der Waals surface area contributed by atoms with Crippen LogP contribution in [0.15, 0.2) is 54.6 Å². The van der Waals surface area contributed by atoms with Crippen molar-refractivity contribution in [3.05, 3.63) is 70.7 Å². The van der Waals surface area contributed by atoms with Gasteiger partial charge in [0.25, 0.3) is 0 Å². The molecule has 1 spiro atoms. The van der Waals surface area contributed by atoms with Crippen molar-refractivity contribution < 1.29 is 14.3 Å². The Morgan fingerprint density at radius 3 is 2.42 bits per heavy atom. The van der Waals surface area contributed by atoms with Crippen LogP contribution in [0.1, 0.15) is 56.2 Å². The van der Waals surface area contributed by atoms with Gasteiger partial charge in [-0.1, -0.05) is 61.0 Å². The van der Waals surface area contributed by atoms with Crippen molar-refractivity contribution in [2.45, 2.75) is 56.8 Å². The highest BCUT2D eigenvalue weighted by molar-refractivity contribution is 6.30. The molecule has 2 aromatic rings. The van der Waals surface area contributed by atoms with Crippen molar-refractivity contribution in [3.8, 4) is 0 Å². The van der Waals surface area contributed by atoms with E-state index >= 15 is 0 Å².